The second kappa shape index (κ2) is 7.00. The smallest absolute Gasteiger partial charge is 0.326 e. The fourth-order valence-corrected chi connectivity index (χ4v) is 2.36. The van der Waals surface area contributed by atoms with E-state index in [1.807, 2.05) is 6.07 Å². The number of nitrogens with zero attached hydrogens (tertiary/aromatic N) is 1. The highest BCUT2D eigenvalue weighted by atomic mass is 16.4. The number of amides is 1. The van der Waals surface area contributed by atoms with Gasteiger partial charge in [0.15, 0.2) is 0 Å². The summed E-state index contributed by atoms with van der Waals surface area (Å²) in [6, 6.07) is 1.03. The second-order valence-electron chi connectivity index (χ2n) is 5.08. The van der Waals surface area contributed by atoms with Crippen LogP contribution in [-0.2, 0) is 9.59 Å². The maximum atomic E-state index is 11.7. The zero-order chi connectivity index (χ0) is 13.5. The van der Waals surface area contributed by atoms with Gasteiger partial charge in [0.1, 0.15) is 6.04 Å². The molecule has 0 saturated heterocycles. The van der Waals surface area contributed by atoms with E-state index in [4.69, 9.17) is 10.4 Å². The average Bonchev–Trinajstić information content (AvgIpc) is 2.80. The highest BCUT2D eigenvalue weighted by Gasteiger charge is 2.24. The van der Waals surface area contributed by atoms with E-state index in [1.165, 1.54) is 0 Å². The minimum Gasteiger partial charge on any atom is -0.480 e. The predicted molar refractivity (Wildman–Crippen MR) is 65.5 cm³/mol. The van der Waals surface area contributed by atoms with Crippen LogP contribution in [0.1, 0.15) is 45.4 Å². The summed E-state index contributed by atoms with van der Waals surface area (Å²) in [5, 5.41) is 20.2. The van der Waals surface area contributed by atoms with E-state index in [1.54, 1.807) is 6.92 Å². The van der Waals surface area contributed by atoms with E-state index in [0.717, 1.165) is 25.7 Å². The Hall–Kier alpha value is -1.57. The van der Waals surface area contributed by atoms with Crippen molar-refractivity contribution in [1.82, 2.24) is 5.32 Å². The first-order valence-electron chi connectivity index (χ1n) is 6.44. The topological polar surface area (TPSA) is 90.2 Å². The van der Waals surface area contributed by atoms with Crippen LogP contribution in [0.15, 0.2) is 0 Å². The zero-order valence-electron chi connectivity index (χ0n) is 10.7. The Morgan fingerprint density at radius 2 is 2.06 bits per heavy atom. The molecule has 5 heteroatoms. The van der Waals surface area contributed by atoms with Gasteiger partial charge in [0.25, 0.3) is 0 Å². The summed E-state index contributed by atoms with van der Waals surface area (Å²) in [7, 11) is 0. The maximum Gasteiger partial charge on any atom is 0.326 e. The fraction of sp³-hybridized carbons (Fsp3) is 0.769. The quantitative estimate of drug-likeness (QED) is 0.752. The van der Waals surface area contributed by atoms with Crippen LogP contribution in [0, 0.1) is 23.2 Å². The van der Waals surface area contributed by atoms with Crippen molar-refractivity contribution < 1.29 is 14.7 Å². The van der Waals surface area contributed by atoms with Crippen LogP contribution in [0.4, 0.5) is 0 Å². The first kappa shape index (κ1) is 14.5. The summed E-state index contributed by atoms with van der Waals surface area (Å²) in [6.45, 7) is 1.65. The Labute approximate surface area is 107 Å². The van der Waals surface area contributed by atoms with Crippen LogP contribution in [-0.4, -0.2) is 23.0 Å². The molecule has 0 unspecified atom stereocenters. The number of nitriles is 1. The van der Waals surface area contributed by atoms with Gasteiger partial charge >= 0.3 is 5.97 Å². The Bertz CT molecular complexity index is 343. The van der Waals surface area contributed by atoms with Gasteiger partial charge in [0, 0.05) is 12.3 Å². The molecule has 1 aliphatic carbocycles. The third kappa shape index (κ3) is 4.74. The molecule has 0 spiro atoms. The van der Waals surface area contributed by atoms with Crippen molar-refractivity contribution >= 4 is 11.9 Å². The summed E-state index contributed by atoms with van der Waals surface area (Å²) in [4.78, 5) is 22.7. The molecule has 2 N–H and O–H groups in total. The third-order valence-corrected chi connectivity index (χ3v) is 3.39. The third-order valence-electron chi connectivity index (χ3n) is 3.39. The number of hydrogen-bond acceptors (Lipinski definition) is 3. The van der Waals surface area contributed by atoms with Crippen molar-refractivity contribution in [3.63, 3.8) is 0 Å². The summed E-state index contributed by atoms with van der Waals surface area (Å²) in [5.74, 6) is -1.26. The first-order valence-corrected chi connectivity index (χ1v) is 6.44. The molecule has 0 aromatic heterocycles. The van der Waals surface area contributed by atoms with Gasteiger partial charge in [-0.1, -0.05) is 12.8 Å². The van der Waals surface area contributed by atoms with Gasteiger partial charge in [-0.25, -0.2) is 4.79 Å². The van der Waals surface area contributed by atoms with E-state index in [2.05, 4.69) is 5.32 Å². The highest BCUT2D eigenvalue weighted by molar-refractivity contribution is 5.83. The molecule has 100 valence electrons. The Balaban J connectivity index is 2.42. The monoisotopic (exact) mass is 252 g/mol. The molecule has 1 aliphatic rings. The number of carbonyl (C=O) groups is 2. The molecule has 0 bridgehead atoms. The number of carboxylic acid groups (broad SMARTS) is 1. The van der Waals surface area contributed by atoms with Crippen molar-refractivity contribution in [3.8, 4) is 6.07 Å². The van der Waals surface area contributed by atoms with Gasteiger partial charge in [0.05, 0.1) is 6.07 Å². The molecule has 2 atom stereocenters. The number of carboxylic acids is 1. The van der Waals surface area contributed by atoms with Gasteiger partial charge in [-0.05, 0) is 32.1 Å². The van der Waals surface area contributed by atoms with Crippen LogP contribution >= 0.6 is 0 Å². The van der Waals surface area contributed by atoms with E-state index in [0.29, 0.717) is 12.3 Å². The van der Waals surface area contributed by atoms with Crippen molar-refractivity contribution in [1.29, 1.82) is 5.26 Å². The Kier molecular flexibility index (Phi) is 5.63. The first-order chi connectivity index (χ1) is 8.52. The molecule has 18 heavy (non-hydrogen) atoms. The minimum atomic E-state index is -1.07. The van der Waals surface area contributed by atoms with Crippen molar-refractivity contribution in [3.05, 3.63) is 0 Å². The van der Waals surface area contributed by atoms with E-state index < -0.39 is 12.0 Å². The lowest BCUT2D eigenvalue weighted by atomic mass is 10.0. The standard InChI is InChI=1S/C13H20N2O3/c1-9(8-14)6-11(13(17)18)15-12(16)7-10-4-2-3-5-10/h9-11H,2-7H2,1H3,(H,15,16)(H,17,18)/t9-,11+/m1/s1. The van der Waals surface area contributed by atoms with E-state index >= 15 is 0 Å². The molecule has 0 heterocycles. The lowest BCUT2D eigenvalue weighted by molar-refractivity contribution is -0.142. The average molecular weight is 252 g/mol. The Morgan fingerprint density at radius 3 is 2.56 bits per heavy atom. The lowest BCUT2D eigenvalue weighted by Gasteiger charge is -2.16. The normalized spacial score (nSPS) is 18.9. The molecule has 0 aromatic rings. The van der Waals surface area contributed by atoms with Gasteiger partial charge in [0.2, 0.25) is 5.91 Å². The fourth-order valence-electron chi connectivity index (χ4n) is 2.36. The van der Waals surface area contributed by atoms with Gasteiger partial charge in [-0.2, -0.15) is 5.26 Å². The molecule has 0 aliphatic heterocycles. The van der Waals surface area contributed by atoms with Crippen LogP contribution in [0.3, 0.4) is 0 Å². The summed E-state index contributed by atoms with van der Waals surface area (Å²) in [6.07, 6.45) is 4.99. The number of carbonyl (C=O) groups excluding carboxylic acids is 1. The van der Waals surface area contributed by atoms with Crippen molar-refractivity contribution in [2.45, 2.75) is 51.5 Å². The van der Waals surface area contributed by atoms with E-state index in [-0.39, 0.29) is 18.2 Å². The lowest BCUT2D eigenvalue weighted by Crippen LogP contribution is -2.42. The van der Waals surface area contributed by atoms with Gasteiger partial charge < -0.3 is 10.4 Å². The molecule has 1 amide bonds. The molecule has 1 fully saturated rings. The highest BCUT2D eigenvalue weighted by Crippen LogP contribution is 2.27. The predicted octanol–water partition coefficient (Wildman–Crippen LogP) is 1.69. The molecular weight excluding hydrogens is 232 g/mol. The molecule has 1 saturated carbocycles. The number of hydrogen-bond donors (Lipinski definition) is 2. The van der Waals surface area contributed by atoms with Crippen molar-refractivity contribution in [2.24, 2.45) is 11.8 Å². The molecule has 0 aromatic carbocycles. The minimum absolute atomic E-state index is 0.155. The van der Waals surface area contributed by atoms with Gasteiger partial charge in [-0.3, -0.25) is 4.79 Å². The molecule has 5 nitrogen and oxygen atoms in total. The van der Waals surface area contributed by atoms with Crippen LogP contribution in [0.5, 0.6) is 0 Å². The summed E-state index contributed by atoms with van der Waals surface area (Å²) < 4.78 is 0. The number of aliphatic carboxylic acids is 1. The van der Waals surface area contributed by atoms with Crippen molar-refractivity contribution in [2.75, 3.05) is 0 Å². The number of rotatable bonds is 6. The molecule has 1 rings (SSSR count). The largest absolute Gasteiger partial charge is 0.480 e. The van der Waals surface area contributed by atoms with Crippen LogP contribution in [0.2, 0.25) is 0 Å². The zero-order valence-corrected chi connectivity index (χ0v) is 10.7. The molecule has 0 radical (unpaired) electrons. The summed E-state index contributed by atoms with van der Waals surface area (Å²) >= 11 is 0. The number of nitrogens with one attached hydrogen (secondary N) is 1. The van der Waals surface area contributed by atoms with Crippen LogP contribution < -0.4 is 5.32 Å². The van der Waals surface area contributed by atoms with E-state index in [9.17, 15) is 9.59 Å². The van der Waals surface area contributed by atoms with Gasteiger partial charge in [-0.15, -0.1) is 0 Å². The summed E-state index contributed by atoms with van der Waals surface area (Å²) in [5.41, 5.74) is 0. The SMILES string of the molecule is C[C@@H](C#N)C[C@H](NC(=O)CC1CCCC1)C(=O)O. The Morgan fingerprint density at radius 1 is 1.44 bits per heavy atom. The van der Waals surface area contributed by atoms with Crippen LogP contribution in [0.25, 0.3) is 0 Å². The second-order valence-corrected chi connectivity index (χ2v) is 5.08. The molecular formula is C13H20N2O3. The maximum absolute atomic E-state index is 11.7.